The van der Waals surface area contributed by atoms with E-state index in [4.69, 9.17) is 4.74 Å². The predicted octanol–water partition coefficient (Wildman–Crippen LogP) is 1.73. The van der Waals surface area contributed by atoms with Crippen molar-refractivity contribution in [3.63, 3.8) is 0 Å². The summed E-state index contributed by atoms with van der Waals surface area (Å²) in [5, 5.41) is 0. The van der Waals surface area contributed by atoms with E-state index >= 15 is 0 Å². The molecule has 0 aliphatic carbocycles. The molecule has 0 atom stereocenters. The van der Waals surface area contributed by atoms with Gasteiger partial charge in [-0.2, -0.15) is 8.42 Å². The SMILES string of the molecule is Cc1cc(OS(=O)(=O)F)c(C)cc1CN1CCOCC1. The predicted molar refractivity (Wildman–Crippen MR) is 72.7 cm³/mol. The Hall–Kier alpha value is -1.18. The number of nitrogens with zero attached hydrogens (tertiary/aromatic N) is 1. The number of ether oxygens (including phenoxy) is 1. The molecule has 0 bridgehead atoms. The van der Waals surface area contributed by atoms with Crippen LogP contribution in [0.15, 0.2) is 12.1 Å². The normalized spacial score (nSPS) is 17.1. The fourth-order valence-corrected chi connectivity index (χ4v) is 2.61. The first-order valence-electron chi connectivity index (χ1n) is 6.39. The Balaban J connectivity index is 2.17. The van der Waals surface area contributed by atoms with E-state index in [0.29, 0.717) is 5.56 Å². The van der Waals surface area contributed by atoms with Crippen molar-refractivity contribution >= 4 is 10.5 Å². The van der Waals surface area contributed by atoms with Gasteiger partial charge in [-0.25, -0.2) is 0 Å². The second-order valence-electron chi connectivity index (χ2n) is 4.91. The summed E-state index contributed by atoms with van der Waals surface area (Å²) >= 11 is 0. The minimum atomic E-state index is -4.98. The summed E-state index contributed by atoms with van der Waals surface area (Å²) in [5.41, 5.74) is 2.55. The van der Waals surface area contributed by atoms with Gasteiger partial charge in [0, 0.05) is 19.6 Å². The van der Waals surface area contributed by atoms with E-state index in [2.05, 4.69) is 9.08 Å². The summed E-state index contributed by atoms with van der Waals surface area (Å²) in [5.74, 6) is 0.0377. The van der Waals surface area contributed by atoms with Crippen LogP contribution in [-0.2, 0) is 21.8 Å². The Bertz CT molecular complexity index is 582. The topological polar surface area (TPSA) is 55.8 Å². The fourth-order valence-electron chi connectivity index (χ4n) is 2.22. The number of aryl methyl sites for hydroxylation is 2. The van der Waals surface area contributed by atoms with Gasteiger partial charge in [-0.1, -0.05) is 9.95 Å². The van der Waals surface area contributed by atoms with Crippen molar-refractivity contribution in [2.45, 2.75) is 20.4 Å². The lowest BCUT2D eigenvalue weighted by atomic mass is 10.0. The average molecular weight is 303 g/mol. The number of hydrogen-bond donors (Lipinski definition) is 0. The minimum Gasteiger partial charge on any atom is -0.379 e. The van der Waals surface area contributed by atoms with Crippen molar-refractivity contribution in [2.24, 2.45) is 0 Å². The molecule has 1 aliphatic heterocycles. The summed E-state index contributed by atoms with van der Waals surface area (Å²) in [6, 6.07) is 3.40. The quantitative estimate of drug-likeness (QED) is 0.793. The van der Waals surface area contributed by atoms with E-state index in [9.17, 15) is 12.3 Å². The lowest BCUT2D eigenvalue weighted by Crippen LogP contribution is -2.35. The van der Waals surface area contributed by atoms with E-state index in [1.54, 1.807) is 13.0 Å². The number of benzene rings is 1. The lowest BCUT2D eigenvalue weighted by Gasteiger charge is -2.27. The third-order valence-corrected chi connectivity index (χ3v) is 3.70. The maximum Gasteiger partial charge on any atom is 0.488 e. The van der Waals surface area contributed by atoms with Gasteiger partial charge in [0.1, 0.15) is 5.75 Å². The molecule has 112 valence electrons. The average Bonchev–Trinajstić information content (AvgIpc) is 2.35. The molecule has 1 aromatic rings. The Morgan fingerprint density at radius 3 is 2.50 bits per heavy atom. The van der Waals surface area contributed by atoms with Gasteiger partial charge in [-0.05, 0) is 36.6 Å². The molecule has 0 N–H and O–H groups in total. The van der Waals surface area contributed by atoms with Crippen molar-refractivity contribution in [1.82, 2.24) is 4.90 Å². The van der Waals surface area contributed by atoms with Crippen LogP contribution in [0.3, 0.4) is 0 Å². The first-order chi connectivity index (χ1) is 9.35. The van der Waals surface area contributed by atoms with Gasteiger partial charge in [0.15, 0.2) is 0 Å². The Morgan fingerprint density at radius 2 is 1.90 bits per heavy atom. The van der Waals surface area contributed by atoms with Crippen molar-refractivity contribution in [3.8, 4) is 5.75 Å². The van der Waals surface area contributed by atoms with Gasteiger partial charge in [-0.3, -0.25) is 4.90 Å². The van der Waals surface area contributed by atoms with Crippen LogP contribution in [0, 0.1) is 13.8 Å². The minimum absolute atomic E-state index is 0.0377. The molecule has 0 unspecified atom stereocenters. The Labute approximate surface area is 118 Å². The first kappa shape index (κ1) is 15.2. The molecule has 1 heterocycles. The van der Waals surface area contributed by atoms with Gasteiger partial charge in [-0.15, -0.1) is 0 Å². The third kappa shape index (κ3) is 4.16. The Morgan fingerprint density at radius 1 is 1.25 bits per heavy atom. The van der Waals surface area contributed by atoms with Crippen molar-refractivity contribution in [3.05, 3.63) is 28.8 Å². The summed E-state index contributed by atoms with van der Waals surface area (Å²) in [4.78, 5) is 2.26. The number of halogens is 1. The zero-order chi connectivity index (χ0) is 14.8. The standard InChI is InChI=1S/C13H18FNO4S/c1-10-8-13(19-20(14,16)17)11(2)7-12(10)9-15-3-5-18-6-4-15/h7-8H,3-6,9H2,1-2H3. The molecule has 1 saturated heterocycles. The highest BCUT2D eigenvalue weighted by molar-refractivity contribution is 7.81. The van der Waals surface area contributed by atoms with E-state index in [1.165, 1.54) is 0 Å². The molecule has 2 rings (SSSR count). The number of hydrogen-bond acceptors (Lipinski definition) is 5. The molecule has 0 spiro atoms. The zero-order valence-corrected chi connectivity index (χ0v) is 12.4. The summed E-state index contributed by atoms with van der Waals surface area (Å²) < 4.78 is 43.3. The van der Waals surface area contributed by atoms with Crippen LogP contribution in [0.25, 0.3) is 0 Å². The second kappa shape index (κ2) is 6.07. The number of morpholine rings is 1. The van der Waals surface area contributed by atoms with Gasteiger partial charge in [0.25, 0.3) is 0 Å². The van der Waals surface area contributed by atoms with Crippen molar-refractivity contribution < 1.29 is 21.2 Å². The highest BCUT2D eigenvalue weighted by Gasteiger charge is 2.16. The van der Waals surface area contributed by atoms with Crippen molar-refractivity contribution in [1.29, 1.82) is 0 Å². The fraction of sp³-hybridized carbons (Fsp3) is 0.538. The smallest absolute Gasteiger partial charge is 0.379 e. The van der Waals surface area contributed by atoms with E-state index in [1.807, 2.05) is 13.0 Å². The molecule has 20 heavy (non-hydrogen) atoms. The van der Waals surface area contributed by atoms with Crippen LogP contribution in [0.2, 0.25) is 0 Å². The molecule has 5 nitrogen and oxygen atoms in total. The highest BCUT2D eigenvalue weighted by Crippen LogP contribution is 2.25. The molecule has 0 aromatic heterocycles. The number of rotatable bonds is 4. The molecule has 0 amide bonds. The monoisotopic (exact) mass is 303 g/mol. The largest absolute Gasteiger partial charge is 0.488 e. The summed E-state index contributed by atoms with van der Waals surface area (Å²) in [7, 11) is -4.98. The van der Waals surface area contributed by atoms with Gasteiger partial charge in [0.2, 0.25) is 0 Å². The van der Waals surface area contributed by atoms with Gasteiger partial charge in [0.05, 0.1) is 13.2 Å². The molecule has 0 radical (unpaired) electrons. The summed E-state index contributed by atoms with van der Waals surface area (Å²) in [6.07, 6.45) is 0. The van der Waals surface area contributed by atoms with Crippen LogP contribution >= 0.6 is 0 Å². The highest BCUT2D eigenvalue weighted by atomic mass is 32.3. The van der Waals surface area contributed by atoms with Crippen LogP contribution in [0.4, 0.5) is 3.89 Å². The molecular weight excluding hydrogens is 285 g/mol. The second-order valence-corrected chi connectivity index (χ2v) is 5.86. The molecule has 0 saturated carbocycles. The maximum atomic E-state index is 12.6. The van der Waals surface area contributed by atoms with Crippen LogP contribution < -0.4 is 4.18 Å². The van der Waals surface area contributed by atoms with E-state index < -0.39 is 10.5 Å². The third-order valence-electron chi connectivity index (χ3n) is 3.32. The molecule has 1 aromatic carbocycles. The van der Waals surface area contributed by atoms with Crippen LogP contribution in [0.1, 0.15) is 16.7 Å². The van der Waals surface area contributed by atoms with Crippen molar-refractivity contribution in [2.75, 3.05) is 26.3 Å². The van der Waals surface area contributed by atoms with Gasteiger partial charge < -0.3 is 8.92 Å². The molecule has 1 fully saturated rings. The van der Waals surface area contributed by atoms with Crippen LogP contribution in [-0.4, -0.2) is 39.6 Å². The Kier molecular flexibility index (Phi) is 4.62. The first-order valence-corrected chi connectivity index (χ1v) is 7.70. The lowest BCUT2D eigenvalue weighted by molar-refractivity contribution is 0.0341. The van der Waals surface area contributed by atoms with E-state index in [0.717, 1.165) is 44.0 Å². The molecular formula is C13H18FNO4S. The summed E-state index contributed by atoms with van der Waals surface area (Å²) in [6.45, 7) is 7.50. The van der Waals surface area contributed by atoms with Crippen LogP contribution in [0.5, 0.6) is 5.75 Å². The zero-order valence-electron chi connectivity index (χ0n) is 11.6. The van der Waals surface area contributed by atoms with Gasteiger partial charge >= 0.3 is 10.5 Å². The molecule has 7 heteroatoms. The van der Waals surface area contributed by atoms with E-state index in [-0.39, 0.29) is 5.75 Å². The maximum absolute atomic E-state index is 12.6. The molecule has 1 aliphatic rings.